The minimum atomic E-state index is -0.556. The van der Waals surface area contributed by atoms with Gasteiger partial charge in [-0.1, -0.05) is 45.0 Å². The molecule has 0 saturated heterocycles. The molecule has 0 saturated carbocycles. The van der Waals surface area contributed by atoms with Gasteiger partial charge in [-0.05, 0) is 23.0 Å². The third-order valence-electron chi connectivity index (χ3n) is 4.02. The smallest absolute Gasteiger partial charge is 0.224 e. The number of fused-ring (bicyclic) bond motifs is 1. The van der Waals surface area contributed by atoms with Crippen LogP contribution in [0.2, 0.25) is 0 Å². The molecule has 3 atom stereocenters. The molecule has 1 unspecified atom stereocenters. The van der Waals surface area contributed by atoms with E-state index in [2.05, 4.69) is 26.1 Å². The Morgan fingerprint density at radius 1 is 1.43 bits per heavy atom. The molecule has 0 aromatic heterocycles. The first-order chi connectivity index (χ1) is 9.81. The largest absolute Gasteiger partial charge is 0.390 e. The second-order valence-corrected chi connectivity index (χ2v) is 7.15. The van der Waals surface area contributed by atoms with Crippen LogP contribution in [0.4, 0.5) is 0 Å². The summed E-state index contributed by atoms with van der Waals surface area (Å²) < 4.78 is 0. The van der Waals surface area contributed by atoms with Crippen LogP contribution >= 0.6 is 0 Å². The average molecular weight is 290 g/mol. The van der Waals surface area contributed by atoms with Gasteiger partial charge in [0.25, 0.3) is 0 Å². The summed E-state index contributed by atoms with van der Waals surface area (Å²) in [5.41, 5.74) is 7.94. The molecule has 1 aromatic rings. The first-order valence-electron chi connectivity index (χ1n) is 7.58. The number of aliphatic hydroxyl groups is 1. The predicted octanol–water partition coefficient (Wildman–Crippen LogP) is 1.77. The molecular weight excluding hydrogens is 264 g/mol. The van der Waals surface area contributed by atoms with Crippen LogP contribution in [-0.4, -0.2) is 23.7 Å². The standard InChI is InChI=1S/C17H26N2O2/c1-17(2,3)9-12(10-18)16(21)19-15-13-7-5-4-6-11(13)8-14(15)20/h4-7,12,14-15,20H,8-10,18H2,1-3H3,(H,19,21)/t12?,14-,15+/m1/s1. The van der Waals surface area contributed by atoms with Crippen LogP contribution in [0.5, 0.6) is 0 Å². The van der Waals surface area contributed by atoms with Gasteiger partial charge in [0.05, 0.1) is 18.1 Å². The molecule has 116 valence electrons. The molecule has 1 amide bonds. The van der Waals surface area contributed by atoms with E-state index in [9.17, 15) is 9.90 Å². The van der Waals surface area contributed by atoms with E-state index in [-0.39, 0.29) is 23.3 Å². The second kappa shape index (κ2) is 6.16. The van der Waals surface area contributed by atoms with Crippen LogP contribution in [0.3, 0.4) is 0 Å². The number of hydrogen-bond acceptors (Lipinski definition) is 3. The third kappa shape index (κ3) is 3.83. The Morgan fingerprint density at radius 3 is 2.71 bits per heavy atom. The molecule has 0 aliphatic heterocycles. The van der Waals surface area contributed by atoms with E-state index < -0.39 is 6.10 Å². The summed E-state index contributed by atoms with van der Waals surface area (Å²) in [6, 6.07) is 7.55. The van der Waals surface area contributed by atoms with E-state index in [0.29, 0.717) is 13.0 Å². The van der Waals surface area contributed by atoms with Crippen molar-refractivity contribution in [1.29, 1.82) is 0 Å². The zero-order valence-electron chi connectivity index (χ0n) is 13.1. The molecule has 4 heteroatoms. The van der Waals surface area contributed by atoms with Crippen LogP contribution in [0.25, 0.3) is 0 Å². The van der Waals surface area contributed by atoms with Crippen LogP contribution in [-0.2, 0) is 11.2 Å². The van der Waals surface area contributed by atoms with Gasteiger partial charge in [-0.15, -0.1) is 0 Å². The Balaban J connectivity index is 2.08. The molecule has 1 aliphatic rings. The van der Waals surface area contributed by atoms with Crippen LogP contribution in [0.15, 0.2) is 24.3 Å². The van der Waals surface area contributed by atoms with Gasteiger partial charge >= 0.3 is 0 Å². The Kier molecular flexibility index (Phi) is 4.69. The number of carbonyl (C=O) groups is 1. The summed E-state index contributed by atoms with van der Waals surface area (Å²) in [7, 11) is 0. The van der Waals surface area contributed by atoms with Crippen LogP contribution in [0.1, 0.15) is 44.4 Å². The topological polar surface area (TPSA) is 75.4 Å². The first-order valence-corrected chi connectivity index (χ1v) is 7.58. The third-order valence-corrected chi connectivity index (χ3v) is 4.02. The van der Waals surface area contributed by atoms with Crippen molar-refractivity contribution in [1.82, 2.24) is 5.32 Å². The molecule has 4 N–H and O–H groups in total. The van der Waals surface area contributed by atoms with Gasteiger partial charge in [0.1, 0.15) is 0 Å². The van der Waals surface area contributed by atoms with Gasteiger partial charge in [0.2, 0.25) is 5.91 Å². The summed E-state index contributed by atoms with van der Waals surface area (Å²) in [4.78, 5) is 12.5. The van der Waals surface area contributed by atoms with Crippen LogP contribution < -0.4 is 11.1 Å². The summed E-state index contributed by atoms with van der Waals surface area (Å²) >= 11 is 0. The average Bonchev–Trinajstić information content (AvgIpc) is 2.71. The maximum Gasteiger partial charge on any atom is 0.224 e. The molecule has 0 radical (unpaired) electrons. The zero-order chi connectivity index (χ0) is 15.6. The van der Waals surface area contributed by atoms with E-state index in [1.54, 1.807) is 0 Å². The van der Waals surface area contributed by atoms with E-state index in [1.165, 1.54) is 0 Å². The number of hydrogen-bond donors (Lipinski definition) is 3. The molecule has 1 aromatic carbocycles. The second-order valence-electron chi connectivity index (χ2n) is 7.15. The highest BCUT2D eigenvalue weighted by Gasteiger charge is 2.34. The SMILES string of the molecule is CC(C)(C)CC(CN)C(=O)N[C@H]1c2ccccc2C[C@H]1O. The monoisotopic (exact) mass is 290 g/mol. The van der Waals surface area contributed by atoms with E-state index in [0.717, 1.165) is 17.5 Å². The summed E-state index contributed by atoms with van der Waals surface area (Å²) in [6.07, 6.45) is 0.771. The van der Waals surface area contributed by atoms with Gasteiger partial charge in [-0.25, -0.2) is 0 Å². The van der Waals surface area contributed by atoms with E-state index in [4.69, 9.17) is 5.73 Å². The van der Waals surface area contributed by atoms with Gasteiger partial charge in [0.15, 0.2) is 0 Å². The van der Waals surface area contributed by atoms with Crippen molar-refractivity contribution in [2.45, 2.75) is 45.8 Å². The zero-order valence-corrected chi connectivity index (χ0v) is 13.1. The summed E-state index contributed by atoms with van der Waals surface area (Å²) in [6.45, 7) is 6.63. The maximum absolute atomic E-state index is 12.5. The number of benzene rings is 1. The quantitative estimate of drug-likeness (QED) is 0.791. The lowest BCUT2D eigenvalue weighted by Crippen LogP contribution is -2.41. The Bertz CT molecular complexity index is 508. The molecule has 0 spiro atoms. The molecule has 21 heavy (non-hydrogen) atoms. The van der Waals surface area contributed by atoms with Crippen molar-refractivity contribution >= 4 is 5.91 Å². The number of nitrogens with one attached hydrogen (secondary N) is 1. The van der Waals surface area contributed by atoms with Crippen molar-refractivity contribution in [3.63, 3.8) is 0 Å². The number of aliphatic hydroxyl groups excluding tert-OH is 1. The first kappa shape index (κ1) is 16.0. The molecular formula is C17H26N2O2. The van der Waals surface area contributed by atoms with Gasteiger partial charge < -0.3 is 16.2 Å². The molecule has 1 aliphatic carbocycles. The highest BCUT2D eigenvalue weighted by atomic mass is 16.3. The van der Waals surface area contributed by atoms with E-state index in [1.807, 2.05) is 24.3 Å². The lowest BCUT2D eigenvalue weighted by atomic mass is 9.84. The minimum absolute atomic E-state index is 0.0492. The minimum Gasteiger partial charge on any atom is -0.390 e. The Morgan fingerprint density at radius 2 is 2.10 bits per heavy atom. The van der Waals surface area contributed by atoms with Crippen molar-refractivity contribution in [3.05, 3.63) is 35.4 Å². The molecule has 0 fully saturated rings. The molecule has 0 heterocycles. The lowest BCUT2D eigenvalue weighted by Gasteiger charge is -2.26. The van der Waals surface area contributed by atoms with Crippen LogP contribution in [0, 0.1) is 11.3 Å². The van der Waals surface area contributed by atoms with Gasteiger partial charge in [0, 0.05) is 13.0 Å². The lowest BCUT2D eigenvalue weighted by molar-refractivity contribution is -0.127. The fourth-order valence-electron chi connectivity index (χ4n) is 3.04. The number of nitrogens with two attached hydrogens (primary N) is 1. The fourth-order valence-corrected chi connectivity index (χ4v) is 3.04. The predicted molar refractivity (Wildman–Crippen MR) is 83.7 cm³/mol. The fraction of sp³-hybridized carbons (Fsp3) is 0.588. The summed E-state index contributed by atoms with van der Waals surface area (Å²) in [5, 5.41) is 13.2. The number of amides is 1. The number of rotatable bonds is 4. The normalized spacial score (nSPS) is 22.7. The highest BCUT2D eigenvalue weighted by molar-refractivity contribution is 5.79. The van der Waals surface area contributed by atoms with Crippen molar-refractivity contribution in [3.8, 4) is 0 Å². The number of carbonyl (C=O) groups excluding carboxylic acids is 1. The Hall–Kier alpha value is -1.39. The van der Waals surface area contributed by atoms with Gasteiger partial charge in [-0.3, -0.25) is 4.79 Å². The highest BCUT2D eigenvalue weighted by Crippen LogP contribution is 2.32. The van der Waals surface area contributed by atoms with Gasteiger partial charge in [-0.2, -0.15) is 0 Å². The Labute approximate surface area is 126 Å². The van der Waals surface area contributed by atoms with Crippen molar-refractivity contribution < 1.29 is 9.90 Å². The van der Waals surface area contributed by atoms with Crippen molar-refractivity contribution in [2.75, 3.05) is 6.54 Å². The van der Waals surface area contributed by atoms with E-state index >= 15 is 0 Å². The molecule has 2 rings (SSSR count). The maximum atomic E-state index is 12.5. The summed E-state index contributed by atoms with van der Waals surface area (Å²) in [5.74, 6) is -0.279. The van der Waals surface area contributed by atoms with Crippen molar-refractivity contribution in [2.24, 2.45) is 17.1 Å². The molecule has 0 bridgehead atoms. The molecule has 4 nitrogen and oxygen atoms in total.